The first-order valence-electron chi connectivity index (χ1n) is 10.6. The Morgan fingerprint density at radius 2 is 2.09 bits per heavy atom. The molecule has 9 heteroatoms. The quantitative estimate of drug-likeness (QED) is 0.226. The van der Waals surface area contributed by atoms with Crippen molar-refractivity contribution < 1.29 is 9.72 Å². The molecular formula is C23H25N5O3S. The molecule has 0 aromatic heterocycles. The Labute approximate surface area is 191 Å². The summed E-state index contributed by atoms with van der Waals surface area (Å²) in [6, 6.07) is 13.0. The molecule has 0 bridgehead atoms. The van der Waals surface area contributed by atoms with Gasteiger partial charge in [0.05, 0.1) is 10.6 Å². The molecule has 1 atom stereocenters. The number of carbonyl (C=O) groups excluding carboxylic acids is 1. The molecule has 0 amide bonds. The van der Waals surface area contributed by atoms with E-state index in [1.807, 2.05) is 14.0 Å². The number of thioether (sulfide) groups is 1. The van der Waals surface area contributed by atoms with E-state index in [0.717, 1.165) is 54.0 Å². The highest BCUT2D eigenvalue weighted by molar-refractivity contribution is 8.01. The van der Waals surface area contributed by atoms with Gasteiger partial charge in [0.2, 0.25) is 0 Å². The number of likely N-dealkylation sites (N-methyl/N-ethyl adjacent to an activating group) is 1. The minimum Gasteiger partial charge on any atom is -0.326 e. The lowest BCUT2D eigenvalue weighted by Crippen LogP contribution is -2.36. The monoisotopic (exact) mass is 451 g/mol. The molecule has 2 aromatic rings. The van der Waals surface area contributed by atoms with Gasteiger partial charge in [-0.3, -0.25) is 20.1 Å². The number of hydrazone groups is 1. The zero-order valence-corrected chi connectivity index (χ0v) is 18.9. The van der Waals surface area contributed by atoms with E-state index in [9.17, 15) is 14.9 Å². The number of nitrogens with zero attached hydrogens (tertiary/aromatic N) is 5. The molecule has 32 heavy (non-hydrogen) atoms. The van der Waals surface area contributed by atoms with E-state index in [4.69, 9.17) is 4.99 Å². The molecule has 0 radical (unpaired) electrons. The molecule has 0 spiro atoms. The van der Waals surface area contributed by atoms with Crippen molar-refractivity contribution in [2.24, 2.45) is 10.1 Å². The van der Waals surface area contributed by atoms with Gasteiger partial charge in [0.25, 0.3) is 5.69 Å². The fraction of sp³-hybridized carbons (Fsp3) is 0.348. The van der Waals surface area contributed by atoms with E-state index in [1.54, 1.807) is 28.9 Å². The van der Waals surface area contributed by atoms with Gasteiger partial charge in [-0.1, -0.05) is 6.07 Å². The van der Waals surface area contributed by atoms with Crippen molar-refractivity contribution in [2.45, 2.75) is 25.1 Å². The molecule has 2 heterocycles. The van der Waals surface area contributed by atoms with E-state index in [2.05, 4.69) is 28.2 Å². The summed E-state index contributed by atoms with van der Waals surface area (Å²) in [6.45, 7) is 3.44. The van der Waals surface area contributed by atoms with Gasteiger partial charge in [0.1, 0.15) is 11.2 Å². The average Bonchev–Trinajstić information content (AvgIpc) is 2.82. The molecule has 1 unspecified atom stereocenters. The minimum absolute atomic E-state index is 0.0706. The number of amidine groups is 1. The summed E-state index contributed by atoms with van der Waals surface area (Å²) in [7, 11) is 1.82. The fourth-order valence-electron chi connectivity index (χ4n) is 4.03. The summed E-state index contributed by atoms with van der Waals surface area (Å²) >= 11 is 1.57. The number of nitro groups is 1. The molecule has 8 nitrogen and oxygen atoms in total. The highest BCUT2D eigenvalue weighted by Gasteiger charge is 2.25. The predicted molar refractivity (Wildman–Crippen MR) is 129 cm³/mol. The van der Waals surface area contributed by atoms with Crippen LogP contribution in [0.15, 0.2) is 52.6 Å². The van der Waals surface area contributed by atoms with Gasteiger partial charge in [-0.15, -0.1) is 11.8 Å². The molecule has 0 fully saturated rings. The smallest absolute Gasteiger partial charge is 0.269 e. The van der Waals surface area contributed by atoms with E-state index < -0.39 is 0 Å². The van der Waals surface area contributed by atoms with Crippen molar-refractivity contribution in [3.63, 3.8) is 0 Å². The maximum atomic E-state index is 11.1. The Morgan fingerprint density at radius 1 is 1.31 bits per heavy atom. The predicted octanol–water partition coefficient (Wildman–Crippen LogP) is 3.72. The number of hydrogen-bond acceptors (Lipinski definition) is 7. The molecular weight excluding hydrogens is 426 g/mol. The summed E-state index contributed by atoms with van der Waals surface area (Å²) in [5.74, 6) is 1.52. The Bertz CT molecular complexity index is 1080. The van der Waals surface area contributed by atoms with Gasteiger partial charge in [-0.25, -0.2) is 0 Å². The van der Waals surface area contributed by atoms with Crippen LogP contribution >= 0.6 is 11.8 Å². The van der Waals surface area contributed by atoms with Crippen LogP contribution in [0.2, 0.25) is 0 Å². The van der Waals surface area contributed by atoms with Gasteiger partial charge < -0.3 is 9.69 Å². The molecule has 0 aliphatic carbocycles. The average molecular weight is 452 g/mol. The molecule has 0 saturated heterocycles. The van der Waals surface area contributed by atoms with Crippen LogP contribution in [-0.2, 0) is 11.2 Å². The Morgan fingerprint density at radius 3 is 2.75 bits per heavy atom. The topological polar surface area (TPSA) is 91.4 Å². The Hall–Kier alpha value is -3.20. The Kier molecular flexibility index (Phi) is 6.55. The lowest BCUT2D eigenvalue weighted by molar-refractivity contribution is -0.384. The standard InChI is InChI=1S/C23H25N5O3S/c1-3-24-23(16-6-9-19(10-7-16)28(30)31)27-12-4-5-18-13-17(8-11-21(18)27)20-15-32-22(14-29)26(2)25-20/h6-11,13-14,22H,3-5,12,15H2,1-2H3. The molecule has 0 saturated carbocycles. The van der Waals surface area contributed by atoms with Crippen LogP contribution in [0.3, 0.4) is 0 Å². The molecule has 166 valence electrons. The summed E-state index contributed by atoms with van der Waals surface area (Å²) in [6.07, 6.45) is 2.87. The van der Waals surface area contributed by atoms with Crippen molar-refractivity contribution in [1.29, 1.82) is 0 Å². The van der Waals surface area contributed by atoms with Crippen LogP contribution in [0.1, 0.15) is 30.0 Å². The number of aryl methyl sites for hydroxylation is 1. The van der Waals surface area contributed by atoms with Crippen molar-refractivity contribution in [3.8, 4) is 0 Å². The number of hydrogen-bond donors (Lipinski definition) is 0. The summed E-state index contributed by atoms with van der Waals surface area (Å²) < 4.78 is 0. The SMILES string of the molecule is CCN=C(c1ccc([N+](=O)[O-])cc1)N1CCCc2cc(C3=NN(C)C(C=O)SC3)ccc21. The number of carbonyl (C=O) groups is 1. The van der Waals surface area contributed by atoms with Crippen molar-refractivity contribution in [1.82, 2.24) is 5.01 Å². The van der Waals surface area contributed by atoms with Crippen molar-refractivity contribution >= 4 is 41.0 Å². The number of fused-ring (bicyclic) bond motifs is 1. The second kappa shape index (κ2) is 9.52. The van der Waals surface area contributed by atoms with E-state index in [1.165, 1.54) is 17.7 Å². The summed E-state index contributed by atoms with van der Waals surface area (Å²) in [5.41, 5.74) is 5.30. The number of nitro benzene ring substituents is 1. The fourth-order valence-corrected chi connectivity index (χ4v) is 4.92. The zero-order valence-electron chi connectivity index (χ0n) is 18.1. The maximum Gasteiger partial charge on any atom is 0.269 e. The first kappa shape index (κ1) is 22.0. The maximum absolute atomic E-state index is 11.1. The van der Waals surface area contributed by atoms with E-state index in [0.29, 0.717) is 12.3 Å². The highest BCUT2D eigenvalue weighted by Crippen LogP contribution is 2.31. The second-order valence-electron chi connectivity index (χ2n) is 7.66. The van der Waals surface area contributed by atoms with Crippen LogP contribution in [-0.4, -0.2) is 59.0 Å². The van der Waals surface area contributed by atoms with Crippen molar-refractivity contribution in [3.05, 3.63) is 69.3 Å². The number of aldehydes is 1. The van der Waals surface area contributed by atoms with E-state index >= 15 is 0 Å². The number of benzene rings is 2. The van der Waals surface area contributed by atoms with Crippen LogP contribution in [0.5, 0.6) is 0 Å². The van der Waals surface area contributed by atoms with Crippen LogP contribution in [0.25, 0.3) is 0 Å². The van der Waals surface area contributed by atoms with Crippen molar-refractivity contribution in [2.75, 3.05) is 30.8 Å². The highest BCUT2D eigenvalue weighted by atomic mass is 32.2. The van der Waals surface area contributed by atoms with Crippen LogP contribution < -0.4 is 4.90 Å². The van der Waals surface area contributed by atoms with Gasteiger partial charge >= 0.3 is 0 Å². The first-order chi connectivity index (χ1) is 15.5. The van der Waals surface area contributed by atoms with Gasteiger partial charge in [0.15, 0.2) is 6.29 Å². The molecule has 4 rings (SSSR count). The van der Waals surface area contributed by atoms with Gasteiger partial charge in [0, 0.05) is 49.3 Å². The third kappa shape index (κ3) is 4.38. The third-order valence-corrected chi connectivity index (χ3v) is 6.78. The molecule has 2 aliphatic rings. The first-order valence-corrected chi connectivity index (χ1v) is 11.6. The lowest BCUT2D eigenvalue weighted by atomic mass is 9.97. The van der Waals surface area contributed by atoms with Gasteiger partial charge in [-0.2, -0.15) is 5.10 Å². The van der Waals surface area contributed by atoms with E-state index in [-0.39, 0.29) is 16.0 Å². The lowest BCUT2D eigenvalue weighted by Gasteiger charge is -2.33. The largest absolute Gasteiger partial charge is 0.326 e. The summed E-state index contributed by atoms with van der Waals surface area (Å²) in [4.78, 5) is 28.7. The minimum atomic E-state index is -0.390. The molecule has 2 aromatic carbocycles. The Balaban J connectivity index is 1.66. The zero-order chi connectivity index (χ0) is 22.7. The van der Waals surface area contributed by atoms with Crippen LogP contribution in [0.4, 0.5) is 11.4 Å². The van der Waals surface area contributed by atoms with Crippen LogP contribution in [0, 0.1) is 10.1 Å². The second-order valence-corrected chi connectivity index (χ2v) is 8.76. The number of non-ortho nitro benzene ring substituents is 1. The van der Waals surface area contributed by atoms with Gasteiger partial charge in [-0.05, 0) is 55.2 Å². The molecule has 2 aliphatic heterocycles. The molecule has 0 N–H and O–H groups in total. The number of rotatable bonds is 5. The third-order valence-electron chi connectivity index (χ3n) is 5.59. The number of anilines is 1. The number of aliphatic imine (C=N–C) groups is 1. The normalized spacial score (nSPS) is 18.8. The summed E-state index contributed by atoms with van der Waals surface area (Å²) in [5, 5.41) is 17.1.